The van der Waals surface area contributed by atoms with Gasteiger partial charge in [-0.15, -0.1) is 0 Å². The standard InChI is InChI=1S/C18H19ClN6O2/c1-11(17-23-16(24-27-17)12-6-7-12)21-18(26)22-15-8-9-20-25(15)10-13-4-2-3-5-14(13)19/h2-5,8-9,11-12H,6-7,10H2,1H3,(H2,21,22,26)/t11-/m0/s1. The molecule has 0 spiro atoms. The third-order valence-electron chi connectivity index (χ3n) is 4.35. The summed E-state index contributed by atoms with van der Waals surface area (Å²) in [6.07, 6.45) is 3.81. The van der Waals surface area contributed by atoms with Gasteiger partial charge in [0, 0.05) is 17.0 Å². The van der Waals surface area contributed by atoms with Crippen molar-refractivity contribution < 1.29 is 9.32 Å². The number of hydrogen-bond acceptors (Lipinski definition) is 5. The number of rotatable bonds is 6. The number of aromatic nitrogens is 4. The number of amides is 2. The summed E-state index contributed by atoms with van der Waals surface area (Å²) >= 11 is 6.20. The second kappa shape index (κ2) is 7.40. The van der Waals surface area contributed by atoms with Gasteiger partial charge in [0.25, 0.3) is 0 Å². The molecule has 27 heavy (non-hydrogen) atoms. The van der Waals surface area contributed by atoms with Gasteiger partial charge in [-0.3, -0.25) is 5.32 Å². The van der Waals surface area contributed by atoms with E-state index in [1.807, 2.05) is 24.3 Å². The Hall–Kier alpha value is -2.87. The van der Waals surface area contributed by atoms with E-state index in [9.17, 15) is 4.79 Å². The first-order valence-corrected chi connectivity index (χ1v) is 9.14. The number of hydrogen-bond donors (Lipinski definition) is 2. The Balaban J connectivity index is 1.38. The minimum atomic E-state index is -0.398. The van der Waals surface area contributed by atoms with Crippen molar-refractivity contribution in [2.75, 3.05) is 5.32 Å². The summed E-state index contributed by atoms with van der Waals surface area (Å²) in [7, 11) is 0. The van der Waals surface area contributed by atoms with Gasteiger partial charge in [0.2, 0.25) is 5.89 Å². The first-order valence-electron chi connectivity index (χ1n) is 8.76. The molecule has 0 bridgehead atoms. The minimum absolute atomic E-state index is 0.380. The average molecular weight is 387 g/mol. The van der Waals surface area contributed by atoms with Crippen LogP contribution < -0.4 is 10.6 Å². The summed E-state index contributed by atoms with van der Waals surface area (Å²) in [6, 6.07) is 8.46. The van der Waals surface area contributed by atoms with Crippen LogP contribution in [0.5, 0.6) is 0 Å². The molecule has 8 nitrogen and oxygen atoms in total. The maximum atomic E-state index is 12.3. The van der Waals surface area contributed by atoms with E-state index in [-0.39, 0.29) is 6.03 Å². The predicted octanol–water partition coefficient (Wildman–Crippen LogP) is 3.73. The third-order valence-corrected chi connectivity index (χ3v) is 4.72. The Kier molecular flexibility index (Phi) is 4.81. The Morgan fingerprint density at radius 2 is 2.19 bits per heavy atom. The summed E-state index contributed by atoms with van der Waals surface area (Å²) < 4.78 is 6.91. The van der Waals surface area contributed by atoms with Gasteiger partial charge in [-0.25, -0.2) is 9.48 Å². The van der Waals surface area contributed by atoms with Gasteiger partial charge in [0.15, 0.2) is 5.82 Å². The van der Waals surface area contributed by atoms with Gasteiger partial charge in [0.1, 0.15) is 11.9 Å². The third kappa shape index (κ3) is 4.11. The highest BCUT2D eigenvalue weighted by Crippen LogP contribution is 2.38. The van der Waals surface area contributed by atoms with Crippen LogP contribution >= 0.6 is 11.6 Å². The molecule has 2 N–H and O–H groups in total. The fraction of sp³-hybridized carbons (Fsp3) is 0.333. The first kappa shape index (κ1) is 17.5. The van der Waals surface area contributed by atoms with Gasteiger partial charge < -0.3 is 9.84 Å². The maximum absolute atomic E-state index is 12.3. The summed E-state index contributed by atoms with van der Waals surface area (Å²) in [5.41, 5.74) is 0.915. The number of nitrogens with zero attached hydrogens (tertiary/aromatic N) is 4. The van der Waals surface area contributed by atoms with Gasteiger partial charge >= 0.3 is 6.03 Å². The molecular formula is C18H19ClN6O2. The minimum Gasteiger partial charge on any atom is -0.337 e. The van der Waals surface area contributed by atoms with Crippen LogP contribution in [0.25, 0.3) is 0 Å². The Bertz CT molecular complexity index is 949. The lowest BCUT2D eigenvalue weighted by molar-refractivity contribution is 0.245. The highest BCUT2D eigenvalue weighted by molar-refractivity contribution is 6.31. The molecule has 4 rings (SSSR count). The van der Waals surface area contributed by atoms with Crippen LogP contribution in [0.15, 0.2) is 41.1 Å². The largest absolute Gasteiger partial charge is 0.337 e. The fourth-order valence-electron chi connectivity index (χ4n) is 2.69. The van der Waals surface area contributed by atoms with Crippen molar-refractivity contribution in [3.8, 4) is 0 Å². The molecule has 3 aromatic rings. The molecule has 0 unspecified atom stereocenters. The van der Waals surface area contributed by atoms with Crippen molar-refractivity contribution in [2.45, 2.75) is 38.3 Å². The van der Waals surface area contributed by atoms with E-state index in [1.54, 1.807) is 23.9 Å². The van der Waals surface area contributed by atoms with Gasteiger partial charge in [-0.1, -0.05) is 35.0 Å². The SMILES string of the molecule is C[C@H](NC(=O)Nc1ccnn1Cc1ccccc1Cl)c1nc(C2CC2)no1. The average Bonchev–Trinajstić information content (AvgIpc) is 3.21. The molecule has 2 amide bonds. The number of halogens is 1. The number of benzene rings is 1. The van der Waals surface area contributed by atoms with Crippen LogP contribution in [0, 0.1) is 0 Å². The number of carbonyl (C=O) groups is 1. The quantitative estimate of drug-likeness (QED) is 0.672. The number of anilines is 1. The summed E-state index contributed by atoms with van der Waals surface area (Å²) in [5, 5.41) is 14.5. The van der Waals surface area contributed by atoms with Gasteiger partial charge in [-0.2, -0.15) is 10.1 Å². The Labute approximate surface area is 160 Å². The zero-order chi connectivity index (χ0) is 18.8. The number of carbonyl (C=O) groups excluding carboxylic acids is 1. The Morgan fingerprint density at radius 1 is 1.37 bits per heavy atom. The van der Waals surface area contributed by atoms with E-state index in [0.717, 1.165) is 24.2 Å². The van der Waals surface area contributed by atoms with E-state index < -0.39 is 6.04 Å². The Morgan fingerprint density at radius 3 is 2.96 bits per heavy atom. The molecule has 1 aliphatic carbocycles. The molecule has 0 aliphatic heterocycles. The van der Waals surface area contributed by atoms with E-state index in [0.29, 0.717) is 29.2 Å². The van der Waals surface area contributed by atoms with Crippen LogP contribution in [0.4, 0.5) is 10.6 Å². The zero-order valence-electron chi connectivity index (χ0n) is 14.7. The monoisotopic (exact) mass is 386 g/mol. The summed E-state index contributed by atoms with van der Waals surface area (Å²) in [6.45, 7) is 2.25. The number of nitrogens with one attached hydrogen (secondary N) is 2. The van der Waals surface area contributed by atoms with Crippen molar-refractivity contribution in [1.29, 1.82) is 0 Å². The second-order valence-electron chi connectivity index (χ2n) is 6.55. The smallest absolute Gasteiger partial charge is 0.321 e. The van der Waals surface area contributed by atoms with Crippen molar-refractivity contribution in [1.82, 2.24) is 25.2 Å². The topological polar surface area (TPSA) is 97.9 Å². The lowest BCUT2D eigenvalue weighted by Crippen LogP contribution is -2.32. The van der Waals surface area contributed by atoms with Crippen molar-refractivity contribution in [2.24, 2.45) is 0 Å². The molecular weight excluding hydrogens is 368 g/mol. The molecule has 1 aromatic carbocycles. The fourth-order valence-corrected chi connectivity index (χ4v) is 2.89. The van der Waals surface area contributed by atoms with E-state index in [2.05, 4.69) is 25.9 Å². The lowest BCUT2D eigenvalue weighted by Gasteiger charge is -2.13. The summed E-state index contributed by atoms with van der Waals surface area (Å²) in [4.78, 5) is 16.7. The summed E-state index contributed by atoms with van der Waals surface area (Å²) in [5.74, 6) is 2.08. The molecule has 0 radical (unpaired) electrons. The number of urea groups is 1. The highest BCUT2D eigenvalue weighted by Gasteiger charge is 2.29. The predicted molar refractivity (Wildman–Crippen MR) is 99.6 cm³/mol. The molecule has 9 heteroatoms. The molecule has 1 aliphatic rings. The molecule has 1 atom stereocenters. The van der Waals surface area contributed by atoms with E-state index >= 15 is 0 Å². The molecule has 1 fully saturated rings. The molecule has 2 aromatic heterocycles. The van der Waals surface area contributed by atoms with Crippen molar-refractivity contribution >= 4 is 23.4 Å². The van der Waals surface area contributed by atoms with Crippen molar-refractivity contribution in [3.63, 3.8) is 0 Å². The van der Waals surface area contributed by atoms with Crippen LogP contribution in [-0.4, -0.2) is 26.0 Å². The highest BCUT2D eigenvalue weighted by atomic mass is 35.5. The van der Waals surface area contributed by atoms with Gasteiger partial charge in [0.05, 0.1) is 12.7 Å². The van der Waals surface area contributed by atoms with Crippen molar-refractivity contribution in [3.05, 3.63) is 58.8 Å². The van der Waals surface area contributed by atoms with E-state index in [4.69, 9.17) is 16.1 Å². The zero-order valence-corrected chi connectivity index (χ0v) is 15.5. The lowest BCUT2D eigenvalue weighted by atomic mass is 10.2. The molecule has 2 heterocycles. The molecule has 0 saturated heterocycles. The maximum Gasteiger partial charge on any atom is 0.321 e. The molecule has 1 saturated carbocycles. The van der Waals surface area contributed by atoms with E-state index in [1.165, 1.54) is 0 Å². The normalized spacial score (nSPS) is 14.7. The molecule has 140 valence electrons. The van der Waals surface area contributed by atoms with Crippen LogP contribution in [0.3, 0.4) is 0 Å². The second-order valence-corrected chi connectivity index (χ2v) is 6.96. The van der Waals surface area contributed by atoms with Gasteiger partial charge in [-0.05, 0) is 31.4 Å². The first-order chi connectivity index (χ1) is 13.1. The van der Waals surface area contributed by atoms with Crippen LogP contribution in [-0.2, 0) is 6.54 Å². The van der Waals surface area contributed by atoms with Crippen LogP contribution in [0.2, 0.25) is 5.02 Å². The van der Waals surface area contributed by atoms with Crippen LogP contribution in [0.1, 0.15) is 49.0 Å².